The molecular formula is C52H78N12O17. The van der Waals surface area contributed by atoms with Gasteiger partial charge in [0.05, 0.1) is 6.04 Å². The second-order valence-electron chi connectivity index (χ2n) is 19.3. The summed E-state index contributed by atoms with van der Waals surface area (Å²) in [6.45, 7) is 5.48. The molecule has 0 aromatic heterocycles. The molecule has 2 rings (SSSR count). The van der Waals surface area contributed by atoms with E-state index in [0.717, 1.165) is 0 Å². The smallest absolute Gasteiger partial charge is 0.326 e. The van der Waals surface area contributed by atoms with Crippen molar-refractivity contribution in [2.75, 3.05) is 13.1 Å². The molecule has 0 aliphatic heterocycles. The number of hydrogen-bond acceptors (Lipinski definition) is 17. The first-order chi connectivity index (χ1) is 38.1. The van der Waals surface area contributed by atoms with Crippen molar-refractivity contribution >= 4 is 71.1 Å². The van der Waals surface area contributed by atoms with Crippen molar-refractivity contribution in [3.8, 4) is 11.5 Å². The number of benzene rings is 2. The van der Waals surface area contributed by atoms with E-state index >= 15 is 0 Å². The minimum atomic E-state index is -1.61. The van der Waals surface area contributed by atoms with E-state index < -0.39 is 151 Å². The summed E-state index contributed by atoms with van der Waals surface area (Å²) < 4.78 is 0. The fourth-order valence-corrected chi connectivity index (χ4v) is 7.60. The molecular weight excluding hydrogens is 1060 g/mol. The Kier molecular flexibility index (Phi) is 29.9. The lowest BCUT2D eigenvalue weighted by molar-refractivity contribution is -0.142. The minimum Gasteiger partial charge on any atom is -0.508 e. The molecule has 9 amide bonds. The van der Waals surface area contributed by atoms with E-state index in [4.69, 9.17) is 22.3 Å². The van der Waals surface area contributed by atoms with Crippen molar-refractivity contribution in [1.29, 1.82) is 0 Å². The van der Waals surface area contributed by atoms with Crippen LogP contribution in [0.15, 0.2) is 48.5 Å². The molecule has 10 atom stereocenters. The van der Waals surface area contributed by atoms with Crippen LogP contribution in [0.25, 0.3) is 0 Å². The molecule has 81 heavy (non-hydrogen) atoms. The predicted octanol–water partition coefficient (Wildman–Crippen LogP) is -3.27. The number of carbonyl (C=O) groups is 12. The molecule has 0 heterocycles. The first-order valence-electron chi connectivity index (χ1n) is 26.3. The molecule has 0 bridgehead atoms. The number of hydrogen-bond donors (Lipinski definition) is 17. The van der Waals surface area contributed by atoms with Crippen LogP contribution in [-0.4, -0.2) is 170 Å². The zero-order valence-corrected chi connectivity index (χ0v) is 45.7. The third kappa shape index (κ3) is 25.9. The van der Waals surface area contributed by atoms with Crippen LogP contribution < -0.4 is 65.1 Å². The van der Waals surface area contributed by atoms with E-state index in [-0.39, 0.29) is 63.1 Å². The average Bonchev–Trinajstić information content (AvgIpc) is 3.40. The number of carboxylic acid groups (broad SMARTS) is 3. The standard InChI is InChI=1S/C52H78N12O17/c1-27(58-49(77)37(10-6-8-24-54)62-51(79)39(25-31-11-15-33(65)16-12-31)63-45(73)29(3)57-47(75)35(55)19-21-41(67)68)43(71)56-28(2)44(72)60-38(20-22-42(69)70)50(78)61-36(9-5-7-23-53)48(76)59-30(4)46(74)64-40(52(80)81)26-32-13-17-34(66)18-14-32/h11-18,27-30,35-40,65-66H,5-10,19-26,53-55H2,1-4H3,(H,56,71)(H,57,75)(H,58,77)(H,59,76)(H,60,72)(H,61,78)(H,62,79)(H,63,73)(H,64,74)(H,67,68)(H,69,70)(H,80,81)/t27-,28-,29-,30-,35-,36-,37-,38-,39-,40-/m0/s1. The fourth-order valence-electron chi connectivity index (χ4n) is 7.60. The maximum Gasteiger partial charge on any atom is 0.326 e. The number of aliphatic carboxylic acids is 3. The second kappa shape index (κ2) is 35.2. The Labute approximate surface area is 467 Å². The Bertz CT molecular complexity index is 2480. The van der Waals surface area contributed by atoms with E-state index in [9.17, 15) is 78.0 Å². The lowest BCUT2D eigenvalue weighted by Gasteiger charge is -2.26. The Balaban J connectivity index is 2.22. The summed E-state index contributed by atoms with van der Waals surface area (Å²) in [6, 6.07) is -2.62. The molecule has 20 N–H and O–H groups in total. The van der Waals surface area contributed by atoms with Crippen LogP contribution in [-0.2, 0) is 70.4 Å². The SMILES string of the molecule is C[C@H](NC(=O)[C@H](C)NC(=O)[C@H](CCCCN)NC(=O)[C@H](Cc1ccc(O)cc1)NC(=O)[C@H](C)NC(=O)[C@@H](N)CCC(=O)O)C(=O)N[C@@H](CCC(=O)O)C(=O)N[C@@H](CCCCN)C(=O)N[C@@H](C)C(=O)N[C@@H](Cc1ccc(O)cc1)C(=O)O. The van der Waals surface area contributed by atoms with Crippen molar-refractivity contribution in [2.24, 2.45) is 17.2 Å². The fraction of sp³-hybridized carbons (Fsp3) is 0.538. The quantitative estimate of drug-likeness (QED) is 0.0295. The van der Waals surface area contributed by atoms with Gasteiger partial charge in [-0.2, -0.15) is 0 Å². The lowest BCUT2D eigenvalue weighted by atomic mass is 10.0. The number of carboxylic acids is 3. The summed E-state index contributed by atoms with van der Waals surface area (Å²) in [5, 5.41) is 69.6. The van der Waals surface area contributed by atoms with Crippen LogP contribution >= 0.6 is 0 Å². The van der Waals surface area contributed by atoms with Crippen LogP contribution in [0.5, 0.6) is 11.5 Å². The maximum atomic E-state index is 14.0. The average molecular weight is 1140 g/mol. The highest BCUT2D eigenvalue weighted by molar-refractivity contribution is 5.98. The van der Waals surface area contributed by atoms with Gasteiger partial charge in [-0.05, 0) is 128 Å². The van der Waals surface area contributed by atoms with Crippen LogP contribution in [0.2, 0.25) is 0 Å². The van der Waals surface area contributed by atoms with Gasteiger partial charge in [-0.25, -0.2) is 4.79 Å². The van der Waals surface area contributed by atoms with Crippen LogP contribution in [0.1, 0.15) is 103 Å². The highest BCUT2D eigenvalue weighted by Crippen LogP contribution is 2.14. The number of carbonyl (C=O) groups excluding carboxylic acids is 9. The summed E-state index contributed by atoms with van der Waals surface area (Å²) in [7, 11) is 0. The Morgan fingerprint density at radius 2 is 0.679 bits per heavy atom. The van der Waals surface area contributed by atoms with E-state index in [1.807, 2.05) is 0 Å². The van der Waals surface area contributed by atoms with Gasteiger partial charge in [0.1, 0.15) is 65.9 Å². The van der Waals surface area contributed by atoms with Gasteiger partial charge in [0.2, 0.25) is 53.2 Å². The maximum absolute atomic E-state index is 14.0. The molecule has 448 valence electrons. The third-order valence-electron chi connectivity index (χ3n) is 12.5. The number of phenols is 2. The van der Waals surface area contributed by atoms with Gasteiger partial charge < -0.3 is 90.6 Å². The third-order valence-corrected chi connectivity index (χ3v) is 12.5. The van der Waals surface area contributed by atoms with Crippen molar-refractivity contribution in [2.45, 2.75) is 165 Å². The number of nitrogens with one attached hydrogen (secondary N) is 9. The van der Waals surface area contributed by atoms with Crippen LogP contribution in [0.4, 0.5) is 0 Å². The molecule has 29 heteroatoms. The number of unbranched alkanes of at least 4 members (excludes halogenated alkanes) is 2. The van der Waals surface area contributed by atoms with Gasteiger partial charge in [-0.3, -0.25) is 52.7 Å². The van der Waals surface area contributed by atoms with Crippen molar-refractivity contribution < 1.29 is 83.1 Å². The molecule has 0 saturated heterocycles. The van der Waals surface area contributed by atoms with Gasteiger partial charge in [0, 0.05) is 25.7 Å². The van der Waals surface area contributed by atoms with Gasteiger partial charge in [-0.15, -0.1) is 0 Å². The van der Waals surface area contributed by atoms with Crippen molar-refractivity contribution in [3.63, 3.8) is 0 Å². The molecule has 29 nitrogen and oxygen atoms in total. The Morgan fingerprint density at radius 1 is 0.383 bits per heavy atom. The van der Waals surface area contributed by atoms with Gasteiger partial charge >= 0.3 is 17.9 Å². The second-order valence-corrected chi connectivity index (χ2v) is 19.3. The van der Waals surface area contributed by atoms with Crippen molar-refractivity contribution in [1.82, 2.24) is 47.9 Å². The molecule has 0 fully saturated rings. The normalized spacial score (nSPS) is 14.7. The summed E-state index contributed by atoms with van der Waals surface area (Å²) in [5.41, 5.74) is 18.0. The zero-order chi connectivity index (χ0) is 60.9. The van der Waals surface area contributed by atoms with E-state index in [2.05, 4.69) is 47.9 Å². The zero-order valence-electron chi connectivity index (χ0n) is 45.7. The largest absolute Gasteiger partial charge is 0.508 e. The molecule has 0 aliphatic carbocycles. The molecule has 0 unspecified atom stereocenters. The number of rotatable bonds is 37. The molecule has 0 radical (unpaired) electrons. The van der Waals surface area contributed by atoms with E-state index in [1.54, 1.807) is 0 Å². The van der Waals surface area contributed by atoms with Crippen LogP contribution in [0.3, 0.4) is 0 Å². The highest BCUT2D eigenvalue weighted by Gasteiger charge is 2.34. The summed E-state index contributed by atoms with van der Waals surface area (Å²) >= 11 is 0. The molecule has 0 aliphatic rings. The highest BCUT2D eigenvalue weighted by atomic mass is 16.4. The molecule has 2 aromatic rings. The topological polar surface area (TPSA) is 492 Å². The Morgan fingerprint density at radius 3 is 1.07 bits per heavy atom. The number of amides is 9. The monoisotopic (exact) mass is 1140 g/mol. The first kappa shape index (κ1) is 68.7. The summed E-state index contributed by atoms with van der Waals surface area (Å²) in [5.74, 6) is -12.2. The van der Waals surface area contributed by atoms with Gasteiger partial charge in [0.25, 0.3) is 0 Å². The lowest BCUT2D eigenvalue weighted by Crippen LogP contribution is -2.60. The van der Waals surface area contributed by atoms with Crippen LogP contribution in [0, 0.1) is 0 Å². The number of phenolic OH excluding ortho intramolecular Hbond substituents is 2. The molecule has 0 spiro atoms. The van der Waals surface area contributed by atoms with Gasteiger partial charge in [0.15, 0.2) is 0 Å². The predicted molar refractivity (Wildman–Crippen MR) is 289 cm³/mol. The summed E-state index contributed by atoms with van der Waals surface area (Å²) in [6.07, 6.45) is -0.769. The molecule has 2 aromatic carbocycles. The minimum absolute atomic E-state index is 0.0115. The van der Waals surface area contributed by atoms with E-state index in [0.29, 0.717) is 30.4 Å². The van der Waals surface area contributed by atoms with E-state index in [1.165, 1.54) is 76.2 Å². The van der Waals surface area contributed by atoms with Gasteiger partial charge in [-0.1, -0.05) is 24.3 Å². The molecule has 0 saturated carbocycles. The number of aromatic hydroxyl groups is 2. The Hall–Kier alpha value is -8.44. The van der Waals surface area contributed by atoms with Crippen molar-refractivity contribution in [3.05, 3.63) is 59.7 Å². The summed E-state index contributed by atoms with van der Waals surface area (Å²) in [4.78, 5) is 156. The first-order valence-corrected chi connectivity index (χ1v) is 26.3. The number of nitrogens with two attached hydrogens (primary N) is 3.